The molecule has 2 N–H and O–H groups in total. The fourth-order valence-corrected chi connectivity index (χ4v) is 5.01. The topological polar surface area (TPSA) is 85.5 Å². The molecule has 1 aliphatic heterocycles. The van der Waals surface area contributed by atoms with E-state index in [1.54, 1.807) is 18.2 Å². The number of fused-ring (bicyclic) bond motifs is 1. The highest BCUT2D eigenvalue weighted by molar-refractivity contribution is 7.89. The zero-order valence-electron chi connectivity index (χ0n) is 17.5. The van der Waals surface area contributed by atoms with Crippen molar-refractivity contribution in [1.82, 2.24) is 19.5 Å². The van der Waals surface area contributed by atoms with E-state index in [2.05, 4.69) is 43.8 Å². The molecule has 1 fully saturated rings. The number of sulfonamides is 1. The number of pyridine rings is 1. The largest absolute Gasteiger partial charge is 0.322 e. The molecule has 2 heterocycles. The maximum absolute atomic E-state index is 12.6. The molecule has 0 radical (unpaired) electrons. The zero-order valence-corrected chi connectivity index (χ0v) is 18.3. The number of hydrogen-bond donors (Lipinski definition) is 2. The summed E-state index contributed by atoms with van der Waals surface area (Å²) < 4.78 is 27.9. The molecule has 2 aromatic carbocycles. The molecule has 31 heavy (non-hydrogen) atoms. The van der Waals surface area contributed by atoms with Crippen molar-refractivity contribution in [2.45, 2.75) is 17.9 Å². The summed E-state index contributed by atoms with van der Waals surface area (Å²) in [7, 11) is -3.58. The Morgan fingerprint density at radius 3 is 2.42 bits per heavy atom. The molecule has 0 aliphatic carbocycles. The van der Waals surface area contributed by atoms with Gasteiger partial charge in [-0.15, -0.1) is 0 Å². The molecular formula is C23H28N4O3S. The van der Waals surface area contributed by atoms with Crippen LogP contribution < -0.4 is 10.3 Å². The average molecular weight is 441 g/mol. The Morgan fingerprint density at radius 1 is 0.903 bits per heavy atom. The third kappa shape index (κ3) is 5.80. The number of hydrogen-bond acceptors (Lipinski definition) is 5. The highest BCUT2D eigenvalue weighted by Gasteiger charge is 2.18. The minimum atomic E-state index is -3.58. The second-order valence-corrected chi connectivity index (χ2v) is 9.69. The SMILES string of the molecule is O=c1ccc2cc(S(=O)(=O)NCCCN3CCN(Cc4ccccc4)CC3)ccc2[nH]1. The molecule has 0 atom stereocenters. The second-order valence-electron chi connectivity index (χ2n) is 7.93. The highest BCUT2D eigenvalue weighted by Crippen LogP contribution is 2.16. The summed E-state index contributed by atoms with van der Waals surface area (Å²) in [4.78, 5) is 19.1. The smallest absolute Gasteiger partial charge is 0.248 e. The molecular weight excluding hydrogens is 412 g/mol. The average Bonchev–Trinajstić information content (AvgIpc) is 2.78. The van der Waals surface area contributed by atoms with E-state index in [-0.39, 0.29) is 10.5 Å². The van der Waals surface area contributed by atoms with Crippen LogP contribution in [0.1, 0.15) is 12.0 Å². The lowest BCUT2D eigenvalue weighted by Gasteiger charge is -2.34. The van der Waals surface area contributed by atoms with Crippen molar-refractivity contribution in [3.63, 3.8) is 0 Å². The molecule has 4 rings (SSSR count). The summed E-state index contributed by atoms with van der Waals surface area (Å²) in [5.74, 6) is 0. The molecule has 1 aliphatic rings. The molecule has 8 heteroatoms. The van der Waals surface area contributed by atoms with Crippen LogP contribution in [0.25, 0.3) is 10.9 Å². The minimum absolute atomic E-state index is 0.206. The predicted molar refractivity (Wildman–Crippen MR) is 123 cm³/mol. The lowest BCUT2D eigenvalue weighted by Crippen LogP contribution is -2.46. The molecule has 7 nitrogen and oxygen atoms in total. The van der Waals surface area contributed by atoms with Crippen molar-refractivity contribution in [3.8, 4) is 0 Å². The van der Waals surface area contributed by atoms with Gasteiger partial charge < -0.3 is 9.88 Å². The van der Waals surface area contributed by atoms with Gasteiger partial charge in [0.25, 0.3) is 0 Å². The molecule has 0 amide bonds. The van der Waals surface area contributed by atoms with Crippen LogP contribution in [0.4, 0.5) is 0 Å². The number of H-pyrrole nitrogens is 1. The van der Waals surface area contributed by atoms with Crippen LogP contribution in [-0.2, 0) is 16.6 Å². The first-order valence-electron chi connectivity index (χ1n) is 10.6. The first-order valence-corrected chi connectivity index (χ1v) is 12.1. The Hall–Kier alpha value is -2.52. The molecule has 0 saturated carbocycles. The van der Waals surface area contributed by atoms with Crippen LogP contribution in [0.3, 0.4) is 0 Å². The van der Waals surface area contributed by atoms with E-state index in [4.69, 9.17) is 0 Å². The molecule has 0 unspecified atom stereocenters. The van der Waals surface area contributed by atoms with Crippen molar-refractivity contribution >= 4 is 20.9 Å². The van der Waals surface area contributed by atoms with Crippen LogP contribution in [0.2, 0.25) is 0 Å². The van der Waals surface area contributed by atoms with Gasteiger partial charge in [0.05, 0.1) is 4.90 Å². The van der Waals surface area contributed by atoms with Crippen molar-refractivity contribution in [2.75, 3.05) is 39.3 Å². The fraction of sp³-hybridized carbons (Fsp3) is 0.348. The van der Waals surface area contributed by atoms with E-state index < -0.39 is 10.0 Å². The van der Waals surface area contributed by atoms with E-state index >= 15 is 0 Å². The number of nitrogens with one attached hydrogen (secondary N) is 2. The van der Waals surface area contributed by atoms with Crippen molar-refractivity contribution in [2.24, 2.45) is 0 Å². The van der Waals surface area contributed by atoms with Gasteiger partial charge >= 0.3 is 0 Å². The lowest BCUT2D eigenvalue weighted by atomic mass is 10.2. The minimum Gasteiger partial charge on any atom is -0.322 e. The molecule has 164 valence electrons. The first kappa shape index (κ1) is 21.7. The number of piperazine rings is 1. The summed E-state index contributed by atoms with van der Waals surface area (Å²) >= 11 is 0. The number of benzene rings is 2. The maximum atomic E-state index is 12.6. The van der Waals surface area contributed by atoms with Crippen LogP contribution in [0.5, 0.6) is 0 Å². The maximum Gasteiger partial charge on any atom is 0.248 e. The Kier molecular flexibility index (Phi) is 6.82. The van der Waals surface area contributed by atoms with Crippen LogP contribution >= 0.6 is 0 Å². The third-order valence-electron chi connectivity index (χ3n) is 5.66. The monoisotopic (exact) mass is 440 g/mol. The van der Waals surface area contributed by atoms with Crippen LogP contribution in [0.15, 0.2) is 70.4 Å². The fourth-order valence-electron chi connectivity index (χ4n) is 3.90. The zero-order chi connectivity index (χ0) is 21.7. The number of rotatable bonds is 8. The van der Waals surface area contributed by atoms with Crippen molar-refractivity contribution in [1.29, 1.82) is 0 Å². The first-order chi connectivity index (χ1) is 15.0. The third-order valence-corrected chi connectivity index (χ3v) is 7.12. The molecule has 0 spiro atoms. The summed E-state index contributed by atoms with van der Waals surface area (Å²) in [6, 6.07) is 18.3. The number of nitrogens with zero attached hydrogens (tertiary/aromatic N) is 2. The standard InChI is InChI=1S/C23H28N4O3S/c28-23-10-7-20-17-21(8-9-22(20)25-23)31(29,30)24-11-4-12-26-13-15-27(16-14-26)18-19-5-2-1-3-6-19/h1-3,5-10,17,24H,4,11-16,18H2,(H,25,28). The second kappa shape index (κ2) is 9.74. The molecule has 1 aromatic heterocycles. The van der Waals surface area contributed by atoms with Crippen molar-refractivity contribution in [3.05, 3.63) is 76.6 Å². The Labute approximate surface area is 182 Å². The quantitative estimate of drug-likeness (QED) is 0.524. The summed E-state index contributed by atoms with van der Waals surface area (Å²) in [5, 5.41) is 0.691. The van der Waals surface area contributed by atoms with Crippen LogP contribution in [0, 0.1) is 0 Å². The molecule has 1 saturated heterocycles. The lowest BCUT2D eigenvalue weighted by molar-refractivity contribution is 0.126. The highest BCUT2D eigenvalue weighted by atomic mass is 32.2. The van der Waals surface area contributed by atoms with Gasteiger partial charge in [-0.1, -0.05) is 30.3 Å². The van der Waals surface area contributed by atoms with Gasteiger partial charge in [0.1, 0.15) is 0 Å². The normalized spacial score (nSPS) is 16.0. The van der Waals surface area contributed by atoms with Gasteiger partial charge in [-0.25, -0.2) is 13.1 Å². The number of aromatic amines is 1. The van der Waals surface area contributed by atoms with E-state index in [9.17, 15) is 13.2 Å². The Balaban J connectivity index is 1.22. The van der Waals surface area contributed by atoms with Gasteiger partial charge in [0, 0.05) is 50.9 Å². The van der Waals surface area contributed by atoms with E-state index in [0.29, 0.717) is 17.4 Å². The Morgan fingerprint density at radius 2 is 1.65 bits per heavy atom. The van der Waals surface area contributed by atoms with Crippen molar-refractivity contribution < 1.29 is 8.42 Å². The summed E-state index contributed by atoms with van der Waals surface area (Å²) in [6.45, 7) is 6.32. The summed E-state index contributed by atoms with van der Waals surface area (Å²) in [5.41, 5.74) is 1.75. The molecule has 3 aromatic rings. The number of aromatic nitrogens is 1. The van der Waals surface area contributed by atoms with E-state index in [1.165, 1.54) is 17.7 Å². The van der Waals surface area contributed by atoms with E-state index in [0.717, 1.165) is 45.7 Å². The predicted octanol–water partition coefficient (Wildman–Crippen LogP) is 2.01. The van der Waals surface area contributed by atoms with Gasteiger partial charge in [-0.05, 0) is 48.2 Å². The van der Waals surface area contributed by atoms with E-state index in [1.807, 2.05) is 6.07 Å². The van der Waals surface area contributed by atoms with Gasteiger partial charge in [0.2, 0.25) is 15.6 Å². The summed E-state index contributed by atoms with van der Waals surface area (Å²) in [6.07, 6.45) is 0.763. The van der Waals surface area contributed by atoms with Gasteiger partial charge in [-0.2, -0.15) is 0 Å². The molecule has 0 bridgehead atoms. The van der Waals surface area contributed by atoms with Crippen LogP contribution in [-0.4, -0.2) is 62.5 Å². The van der Waals surface area contributed by atoms with Gasteiger partial charge in [0.15, 0.2) is 0 Å². The Bertz CT molecular complexity index is 1170. The van der Waals surface area contributed by atoms with Gasteiger partial charge in [-0.3, -0.25) is 9.69 Å².